The minimum Gasteiger partial charge on any atom is -0.322 e. The number of imidazole rings is 1. The monoisotopic (exact) mass is 369 g/mol. The van der Waals surface area contributed by atoms with Crippen LogP contribution in [0.25, 0.3) is 16.9 Å². The van der Waals surface area contributed by atoms with E-state index in [1.54, 1.807) is 0 Å². The summed E-state index contributed by atoms with van der Waals surface area (Å²) in [6.45, 7) is 6.48. The fourth-order valence-electron chi connectivity index (χ4n) is 3.15. The number of benzene rings is 2. The molecule has 4 rings (SSSR count). The van der Waals surface area contributed by atoms with Gasteiger partial charge < -0.3 is 9.72 Å². The maximum absolute atomic E-state index is 12.6. The van der Waals surface area contributed by atoms with Gasteiger partial charge in [-0.2, -0.15) is 0 Å². The lowest BCUT2D eigenvalue weighted by atomic mass is 9.87. The maximum atomic E-state index is 12.6. The van der Waals surface area contributed by atoms with Gasteiger partial charge in [-0.3, -0.25) is 4.79 Å². The van der Waals surface area contributed by atoms with Crippen molar-refractivity contribution in [3.05, 3.63) is 90.3 Å². The van der Waals surface area contributed by atoms with E-state index in [4.69, 9.17) is 0 Å². The van der Waals surface area contributed by atoms with Crippen LogP contribution in [0, 0.1) is 0 Å². The molecule has 0 fully saturated rings. The van der Waals surface area contributed by atoms with Crippen molar-refractivity contribution in [3.8, 4) is 11.3 Å². The summed E-state index contributed by atoms with van der Waals surface area (Å²) in [6, 6.07) is 21.5. The van der Waals surface area contributed by atoms with Crippen molar-refractivity contribution in [3.63, 3.8) is 0 Å². The first kappa shape index (κ1) is 18.0. The van der Waals surface area contributed by atoms with Crippen LogP contribution in [0.15, 0.2) is 79.1 Å². The molecule has 1 amide bonds. The van der Waals surface area contributed by atoms with Crippen LogP contribution < -0.4 is 5.32 Å². The molecule has 0 aliphatic rings. The number of pyridine rings is 1. The highest BCUT2D eigenvalue weighted by atomic mass is 16.1. The zero-order valence-electron chi connectivity index (χ0n) is 16.3. The molecule has 4 heteroatoms. The molecule has 0 unspecified atom stereocenters. The van der Waals surface area contributed by atoms with E-state index in [1.807, 2.05) is 83.5 Å². The Morgan fingerprint density at radius 1 is 0.964 bits per heavy atom. The standard InChI is InChI=1S/C24H23N3O/c1-24(2,3)19-12-10-17(11-13-19)23(28)25-20-8-6-7-18(15-20)21-16-27-14-5-4-9-22(27)26-21/h4-16H,1-3H3,(H,25,28). The largest absolute Gasteiger partial charge is 0.322 e. The van der Waals surface area contributed by atoms with E-state index in [2.05, 4.69) is 31.1 Å². The Hall–Kier alpha value is -3.40. The van der Waals surface area contributed by atoms with Gasteiger partial charge in [-0.05, 0) is 47.4 Å². The van der Waals surface area contributed by atoms with Crippen molar-refractivity contribution in [2.24, 2.45) is 0 Å². The van der Waals surface area contributed by atoms with Crippen LogP contribution in [0.4, 0.5) is 5.69 Å². The van der Waals surface area contributed by atoms with Gasteiger partial charge in [0, 0.05) is 29.2 Å². The molecule has 140 valence electrons. The lowest BCUT2D eigenvalue weighted by Gasteiger charge is -2.19. The topological polar surface area (TPSA) is 46.4 Å². The molecule has 4 aromatic rings. The number of aromatic nitrogens is 2. The number of nitrogens with one attached hydrogen (secondary N) is 1. The molecule has 28 heavy (non-hydrogen) atoms. The number of carbonyl (C=O) groups is 1. The molecule has 0 saturated heterocycles. The van der Waals surface area contributed by atoms with Gasteiger partial charge in [0.15, 0.2) is 0 Å². The number of amides is 1. The Bertz CT molecular complexity index is 1100. The second-order valence-electron chi connectivity index (χ2n) is 7.95. The fourth-order valence-corrected chi connectivity index (χ4v) is 3.15. The summed E-state index contributed by atoms with van der Waals surface area (Å²) < 4.78 is 1.98. The smallest absolute Gasteiger partial charge is 0.255 e. The van der Waals surface area contributed by atoms with Gasteiger partial charge in [0.2, 0.25) is 0 Å². The summed E-state index contributed by atoms with van der Waals surface area (Å²) in [5.74, 6) is -0.118. The molecule has 2 heterocycles. The second kappa shape index (κ2) is 6.97. The Morgan fingerprint density at radius 3 is 2.46 bits per heavy atom. The molecular weight excluding hydrogens is 346 g/mol. The molecule has 1 N–H and O–H groups in total. The van der Waals surface area contributed by atoms with E-state index in [0.717, 1.165) is 22.6 Å². The van der Waals surface area contributed by atoms with Crippen LogP contribution in [0.5, 0.6) is 0 Å². The summed E-state index contributed by atoms with van der Waals surface area (Å²) in [5.41, 5.74) is 5.40. The number of hydrogen-bond donors (Lipinski definition) is 1. The first-order valence-corrected chi connectivity index (χ1v) is 9.36. The number of carbonyl (C=O) groups excluding carboxylic acids is 1. The van der Waals surface area contributed by atoms with Gasteiger partial charge in [0.05, 0.1) is 5.69 Å². The van der Waals surface area contributed by atoms with Crippen molar-refractivity contribution < 1.29 is 4.79 Å². The van der Waals surface area contributed by atoms with Crippen LogP contribution in [0.2, 0.25) is 0 Å². The average Bonchev–Trinajstić information content (AvgIpc) is 3.12. The lowest BCUT2D eigenvalue weighted by Crippen LogP contribution is -2.14. The molecular formula is C24H23N3O. The van der Waals surface area contributed by atoms with Crippen LogP contribution in [0.3, 0.4) is 0 Å². The Morgan fingerprint density at radius 2 is 1.75 bits per heavy atom. The third-order valence-electron chi connectivity index (χ3n) is 4.79. The zero-order valence-corrected chi connectivity index (χ0v) is 16.3. The maximum Gasteiger partial charge on any atom is 0.255 e. The predicted molar refractivity (Wildman–Crippen MR) is 114 cm³/mol. The Balaban J connectivity index is 1.55. The summed E-state index contributed by atoms with van der Waals surface area (Å²) >= 11 is 0. The molecule has 0 aliphatic heterocycles. The predicted octanol–water partition coefficient (Wildman–Crippen LogP) is 5.55. The van der Waals surface area contributed by atoms with Crippen LogP contribution in [-0.2, 0) is 5.41 Å². The van der Waals surface area contributed by atoms with E-state index in [1.165, 1.54) is 5.56 Å². The van der Waals surface area contributed by atoms with Crippen molar-refractivity contribution >= 4 is 17.2 Å². The Kier molecular flexibility index (Phi) is 4.47. The summed E-state index contributed by atoms with van der Waals surface area (Å²) in [7, 11) is 0. The number of nitrogens with zero attached hydrogens (tertiary/aromatic N) is 2. The molecule has 0 saturated carbocycles. The highest BCUT2D eigenvalue weighted by Crippen LogP contribution is 2.24. The van der Waals surface area contributed by atoms with Gasteiger partial charge in [-0.25, -0.2) is 4.98 Å². The minimum atomic E-state index is -0.118. The molecule has 0 bridgehead atoms. The molecule has 4 nitrogen and oxygen atoms in total. The first-order chi connectivity index (χ1) is 13.4. The second-order valence-corrected chi connectivity index (χ2v) is 7.95. The van der Waals surface area contributed by atoms with E-state index >= 15 is 0 Å². The van der Waals surface area contributed by atoms with E-state index < -0.39 is 0 Å². The lowest BCUT2D eigenvalue weighted by molar-refractivity contribution is 0.102. The van der Waals surface area contributed by atoms with Crippen molar-refractivity contribution in [2.45, 2.75) is 26.2 Å². The molecule has 0 atom stereocenters. The Labute approximate surface area is 164 Å². The third kappa shape index (κ3) is 3.67. The van der Waals surface area contributed by atoms with Crippen molar-refractivity contribution in [1.29, 1.82) is 0 Å². The molecule has 0 spiro atoms. The van der Waals surface area contributed by atoms with Crippen molar-refractivity contribution in [2.75, 3.05) is 5.32 Å². The highest BCUT2D eigenvalue weighted by Gasteiger charge is 2.14. The van der Waals surface area contributed by atoms with Crippen LogP contribution >= 0.6 is 0 Å². The average molecular weight is 369 g/mol. The number of hydrogen-bond acceptors (Lipinski definition) is 2. The molecule has 2 aromatic heterocycles. The highest BCUT2D eigenvalue weighted by molar-refractivity contribution is 6.04. The van der Waals surface area contributed by atoms with Crippen LogP contribution in [0.1, 0.15) is 36.7 Å². The number of rotatable bonds is 3. The minimum absolute atomic E-state index is 0.0669. The zero-order chi connectivity index (χ0) is 19.7. The van der Waals surface area contributed by atoms with Gasteiger partial charge in [0.25, 0.3) is 5.91 Å². The summed E-state index contributed by atoms with van der Waals surface area (Å²) in [6.07, 6.45) is 3.96. The first-order valence-electron chi connectivity index (χ1n) is 9.36. The summed E-state index contributed by atoms with van der Waals surface area (Å²) in [5, 5.41) is 2.99. The van der Waals surface area contributed by atoms with Gasteiger partial charge in [-0.15, -0.1) is 0 Å². The van der Waals surface area contributed by atoms with Gasteiger partial charge in [0.1, 0.15) is 5.65 Å². The van der Waals surface area contributed by atoms with Gasteiger partial charge in [-0.1, -0.05) is 51.1 Å². The summed E-state index contributed by atoms with van der Waals surface area (Å²) in [4.78, 5) is 17.3. The van der Waals surface area contributed by atoms with Crippen molar-refractivity contribution in [1.82, 2.24) is 9.38 Å². The molecule has 2 aromatic carbocycles. The van der Waals surface area contributed by atoms with E-state index in [-0.39, 0.29) is 11.3 Å². The normalized spacial score (nSPS) is 11.5. The number of fused-ring (bicyclic) bond motifs is 1. The molecule has 0 aliphatic carbocycles. The molecule has 0 radical (unpaired) electrons. The third-order valence-corrected chi connectivity index (χ3v) is 4.79. The fraction of sp³-hybridized carbons (Fsp3) is 0.167. The quantitative estimate of drug-likeness (QED) is 0.514. The van der Waals surface area contributed by atoms with Crippen LogP contribution in [-0.4, -0.2) is 15.3 Å². The number of anilines is 1. The SMILES string of the molecule is CC(C)(C)c1ccc(C(=O)Nc2cccc(-c3cn4ccccc4n3)c2)cc1. The van der Waals surface area contributed by atoms with Gasteiger partial charge >= 0.3 is 0 Å². The van der Waals surface area contributed by atoms with E-state index in [0.29, 0.717) is 5.56 Å². The van der Waals surface area contributed by atoms with E-state index in [9.17, 15) is 4.79 Å².